The van der Waals surface area contributed by atoms with Crippen molar-refractivity contribution in [2.75, 3.05) is 20.2 Å². The summed E-state index contributed by atoms with van der Waals surface area (Å²) in [5.74, 6) is 0.183. The van der Waals surface area contributed by atoms with Crippen LogP contribution in [0.4, 0.5) is 5.69 Å². The first-order valence-electron chi connectivity index (χ1n) is 14.3. The number of rotatable bonds is 7. The number of allylic oxidation sites excluding steroid dienone is 2. The molecule has 0 aromatic heterocycles. The molecular weight excluding hydrogens is 524 g/mol. The number of amides is 1. The summed E-state index contributed by atoms with van der Waals surface area (Å²) in [5.41, 5.74) is 9.57. The van der Waals surface area contributed by atoms with E-state index in [-0.39, 0.29) is 11.8 Å². The van der Waals surface area contributed by atoms with E-state index in [1.54, 1.807) is 12.1 Å². The summed E-state index contributed by atoms with van der Waals surface area (Å²) in [6.45, 7) is 6.20. The Bertz CT molecular complexity index is 1720. The number of aromatic carboxylic acids is 1. The van der Waals surface area contributed by atoms with E-state index in [9.17, 15) is 14.7 Å². The maximum absolute atomic E-state index is 13.2. The summed E-state index contributed by atoms with van der Waals surface area (Å²) in [4.78, 5) is 24.9. The second-order valence-corrected chi connectivity index (χ2v) is 11.5. The zero-order valence-corrected chi connectivity index (χ0v) is 24.2. The molecule has 2 aliphatic rings. The summed E-state index contributed by atoms with van der Waals surface area (Å²) >= 11 is 0. The van der Waals surface area contributed by atoms with E-state index in [2.05, 4.69) is 50.5 Å². The van der Waals surface area contributed by atoms with Crippen LogP contribution in [-0.2, 0) is 13.0 Å². The van der Waals surface area contributed by atoms with Crippen LogP contribution >= 0.6 is 0 Å². The molecule has 6 nitrogen and oxygen atoms in total. The van der Waals surface area contributed by atoms with E-state index >= 15 is 0 Å². The van der Waals surface area contributed by atoms with Crippen molar-refractivity contribution in [3.63, 3.8) is 0 Å². The molecule has 6 rings (SSSR count). The molecule has 2 unspecified atom stereocenters. The number of carbonyl (C=O) groups is 2. The van der Waals surface area contributed by atoms with E-state index in [0.29, 0.717) is 34.3 Å². The van der Waals surface area contributed by atoms with Crippen molar-refractivity contribution in [2.45, 2.75) is 26.8 Å². The highest BCUT2D eigenvalue weighted by molar-refractivity contribution is 5.97. The van der Waals surface area contributed by atoms with Gasteiger partial charge in [-0.1, -0.05) is 60.7 Å². The number of benzene rings is 4. The smallest absolute Gasteiger partial charge is 0.336 e. The third kappa shape index (κ3) is 4.99. The van der Waals surface area contributed by atoms with E-state index < -0.39 is 5.97 Å². The number of fused-ring (bicyclic) bond motifs is 2. The number of nitrogens with zero attached hydrogens (tertiary/aromatic N) is 1. The van der Waals surface area contributed by atoms with Gasteiger partial charge in [-0.2, -0.15) is 0 Å². The molecule has 2 N–H and O–H groups in total. The zero-order chi connectivity index (χ0) is 29.4. The fraction of sp³-hybridized carbons (Fsp3) is 0.222. The van der Waals surface area contributed by atoms with Crippen molar-refractivity contribution in [2.24, 2.45) is 5.92 Å². The summed E-state index contributed by atoms with van der Waals surface area (Å²) in [5, 5.41) is 12.7. The van der Waals surface area contributed by atoms with Gasteiger partial charge in [-0.3, -0.25) is 9.28 Å². The molecule has 0 spiro atoms. The Kier molecular flexibility index (Phi) is 7.17. The van der Waals surface area contributed by atoms with Gasteiger partial charge in [0.1, 0.15) is 23.7 Å². The van der Waals surface area contributed by atoms with Crippen LogP contribution in [0.15, 0.2) is 96.7 Å². The molecule has 0 aliphatic carbocycles. The number of carboxylic acids is 1. The molecule has 0 fully saturated rings. The molecule has 0 saturated heterocycles. The molecule has 42 heavy (non-hydrogen) atoms. The van der Waals surface area contributed by atoms with Crippen LogP contribution in [0.25, 0.3) is 16.7 Å². The lowest BCUT2D eigenvalue weighted by molar-refractivity contribution is 0.0697. The van der Waals surface area contributed by atoms with E-state index in [1.807, 2.05) is 54.6 Å². The molecule has 212 valence electrons. The van der Waals surface area contributed by atoms with Crippen LogP contribution in [0, 0.1) is 5.92 Å². The second kappa shape index (κ2) is 11.0. The van der Waals surface area contributed by atoms with Gasteiger partial charge in [-0.15, -0.1) is 0 Å². The van der Waals surface area contributed by atoms with Gasteiger partial charge in [0, 0.05) is 47.7 Å². The number of nitrogens with one attached hydrogen (secondary N) is 1. The Morgan fingerprint density at radius 3 is 2.45 bits per heavy atom. The van der Waals surface area contributed by atoms with Crippen molar-refractivity contribution in [1.29, 1.82) is 0 Å². The number of carbonyl (C=O) groups excluding carboxylic acids is 1. The van der Waals surface area contributed by atoms with Crippen LogP contribution in [-0.4, -0.2) is 37.2 Å². The Hall–Kier alpha value is -4.68. The lowest BCUT2D eigenvalue weighted by Gasteiger charge is -2.31. The minimum absolute atomic E-state index is 0.0690. The molecule has 4 aromatic rings. The Labute approximate surface area is 246 Å². The zero-order valence-electron chi connectivity index (χ0n) is 24.2. The first-order valence-corrected chi connectivity index (χ1v) is 14.3. The maximum Gasteiger partial charge on any atom is 0.336 e. The van der Waals surface area contributed by atoms with Gasteiger partial charge in [0.15, 0.2) is 0 Å². The average Bonchev–Trinajstić information content (AvgIpc) is 3.20. The highest BCUT2D eigenvalue weighted by Crippen LogP contribution is 2.45. The van der Waals surface area contributed by atoms with Gasteiger partial charge in [-0.25, -0.2) is 4.79 Å². The van der Waals surface area contributed by atoms with E-state index in [1.165, 1.54) is 22.5 Å². The van der Waals surface area contributed by atoms with Gasteiger partial charge < -0.3 is 15.2 Å². The normalized spacial score (nSPS) is 19.1. The molecule has 4 aromatic carbocycles. The fourth-order valence-corrected chi connectivity index (χ4v) is 6.29. The third-order valence-corrected chi connectivity index (χ3v) is 8.91. The van der Waals surface area contributed by atoms with Crippen LogP contribution in [0.3, 0.4) is 0 Å². The Morgan fingerprint density at radius 1 is 0.929 bits per heavy atom. The molecule has 2 heterocycles. The topological polar surface area (TPSA) is 75.6 Å². The summed E-state index contributed by atoms with van der Waals surface area (Å²) < 4.78 is 6.51. The largest absolute Gasteiger partial charge is 0.493 e. The predicted octanol–water partition coefficient (Wildman–Crippen LogP) is 6.93. The lowest BCUT2D eigenvalue weighted by Crippen LogP contribution is -2.40. The summed E-state index contributed by atoms with van der Waals surface area (Å²) in [6, 6.07) is 29.3. The minimum atomic E-state index is -0.931. The molecule has 2 atom stereocenters. The maximum atomic E-state index is 13.2. The molecular formula is C36H35N2O4+. The van der Waals surface area contributed by atoms with Gasteiger partial charge in [0.05, 0.1) is 19.2 Å². The lowest BCUT2D eigenvalue weighted by atomic mass is 9.96. The first-order chi connectivity index (χ1) is 20.2. The number of hydrogen-bond donors (Lipinski definition) is 2. The highest BCUT2D eigenvalue weighted by Gasteiger charge is 2.39. The Balaban J connectivity index is 1.17. The fourth-order valence-electron chi connectivity index (χ4n) is 6.29. The number of hydrogen-bond acceptors (Lipinski definition) is 3. The predicted molar refractivity (Wildman–Crippen MR) is 166 cm³/mol. The molecule has 0 bridgehead atoms. The summed E-state index contributed by atoms with van der Waals surface area (Å²) in [6.07, 6.45) is 0.893. The van der Waals surface area contributed by atoms with Gasteiger partial charge >= 0.3 is 5.97 Å². The number of carboxylic acid groups (broad SMARTS) is 1. The standard InChI is InChI=1S/C36H34N2O4/c1-23-24(2)38(3,21-25-12-14-27(15-13-25)30-9-5-6-10-31(30)36(40)41)33-17-16-29(19-32(23)33)35(39)37-20-26-18-28-8-4-7-11-34(28)42-22-26/h4-17,19,26H,18,20-22H2,1-3H3,(H-,37,39,40,41)/p+1. The monoisotopic (exact) mass is 559 g/mol. The van der Waals surface area contributed by atoms with Crippen LogP contribution in [0.2, 0.25) is 0 Å². The molecule has 1 amide bonds. The quantitative estimate of drug-likeness (QED) is 0.241. The molecule has 0 saturated carbocycles. The van der Waals surface area contributed by atoms with Crippen molar-refractivity contribution >= 4 is 23.1 Å². The minimum Gasteiger partial charge on any atom is -0.493 e. The van der Waals surface area contributed by atoms with Crippen molar-refractivity contribution in [1.82, 2.24) is 9.80 Å². The van der Waals surface area contributed by atoms with Crippen LogP contribution < -0.4 is 14.5 Å². The molecule has 2 aliphatic heterocycles. The van der Waals surface area contributed by atoms with E-state index in [0.717, 1.165) is 35.4 Å². The highest BCUT2D eigenvalue weighted by atomic mass is 16.5. The van der Waals surface area contributed by atoms with Gasteiger partial charge in [-0.05, 0) is 54.3 Å². The second-order valence-electron chi connectivity index (χ2n) is 11.5. The molecule has 6 heteroatoms. The van der Waals surface area contributed by atoms with Gasteiger partial charge in [0.25, 0.3) is 5.91 Å². The SMILES string of the molecule is CC1=C(C)[N+](C)(Cc2ccc(-c3ccccc3C(=O)O)cc2)c2ccc(C(=O)NCC3COc4ccccc4C3)cc21. The molecule has 0 radical (unpaired) electrons. The third-order valence-electron chi connectivity index (χ3n) is 8.91. The van der Waals surface area contributed by atoms with Crippen molar-refractivity contribution in [3.8, 4) is 16.9 Å². The first kappa shape index (κ1) is 27.5. The van der Waals surface area contributed by atoms with Crippen molar-refractivity contribution in [3.05, 3.63) is 125 Å². The van der Waals surface area contributed by atoms with Gasteiger partial charge in [0.2, 0.25) is 0 Å². The van der Waals surface area contributed by atoms with Crippen LogP contribution in [0.5, 0.6) is 5.75 Å². The average molecular weight is 560 g/mol. The number of quaternary nitrogens is 1. The summed E-state index contributed by atoms with van der Waals surface area (Å²) in [7, 11) is 2.21. The van der Waals surface area contributed by atoms with E-state index in [4.69, 9.17) is 4.74 Å². The number of para-hydroxylation sites is 1. The number of ether oxygens (including phenoxy) is 1. The Morgan fingerprint density at radius 2 is 1.67 bits per heavy atom. The van der Waals surface area contributed by atoms with Crippen LogP contribution in [0.1, 0.15) is 51.3 Å². The van der Waals surface area contributed by atoms with Crippen molar-refractivity contribution < 1.29 is 19.4 Å².